The van der Waals surface area contributed by atoms with E-state index in [1.54, 1.807) is 4.88 Å². The number of fused-ring (bicyclic) bond motifs is 1. The Balaban J connectivity index is 1.87. The highest BCUT2D eigenvalue weighted by Crippen LogP contribution is 2.33. The Bertz CT molecular complexity index is 451. The van der Waals surface area contributed by atoms with Crippen molar-refractivity contribution in [3.05, 3.63) is 21.9 Å². The predicted octanol–water partition coefficient (Wildman–Crippen LogP) is 3.76. The molecule has 2 rings (SSSR count). The van der Waals surface area contributed by atoms with Gasteiger partial charge >= 0.3 is 0 Å². The Morgan fingerprint density at radius 1 is 1.58 bits per heavy atom. The maximum absolute atomic E-state index is 5.79. The molecule has 0 aromatic carbocycles. The molecule has 19 heavy (non-hydrogen) atoms. The molecule has 0 aliphatic carbocycles. The van der Waals surface area contributed by atoms with Crippen molar-refractivity contribution < 1.29 is 0 Å². The molecule has 1 aliphatic heterocycles. The normalized spacial score (nSPS) is 20.3. The van der Waals surface area contributed by atoms with E-state index in [1.165, 1.54) is 18.5 Å². The second kappa shape index (κ2) is 5.90. The first-order valence-corrected chi connectivity index (χ1v) is 8.31. The van der Waals surface area contributed by atoms with E-state index >= 15 is 0 Å². The van der Waals surface area contributed by atoms with Gasteiger partial charge in [0.25, 0.3) is 0 Å². The lowest BCUT2D eigenvalue weighted by Crippen LogP contribution is -2.35. The average Bonchev–Trinajstić information content (AvgIpc) is 2.80. The van der Waals surface area contributed by atoms with E-state index < -0.39 is 0 Å². The molecule has 1 aromatic rings. The topological polar surface area (TPSA) is 29.3 Å². The molecule has 0 amide bonds. The van der Waals surface area contributed by atoms with Gasteiger partial charge in [-0.1, -0.05) is 26.1 Å². The number of hydrogen-bond donors (Lipinski definition) is 1. The third-order valence-electron chi connectivity index (χ3n) is 4.32. The third-order valence-corrected chi connectivity index (χ3v) is 5.87. The minimum Gasteiger partial charge on any atom is -0.393 e. The Morgan fingerprint density at radius 3 is 3.00 bits per heavy atom. The van der Waals surface area contributed by atoms with Crippen molar-refractivity contribution in [1.82, 2.24) is 4.90 Å². The summed E-state index contributed by atoms with van der Waals surface area (Å²) in [6.45, 7) is 8.94. The molecule has 2 N–H and O–H groups in total. The van der Waals surface area contributed by atoms with Gasteiger partial charge in [0.2, 0.25) is 0 Å². The molecule has 1 unspecified atom stereocenters. The fourth-order valence-electron chi connectivity index (χ4n) is 2.71. The van der Waals surface area contributed by atoms with Crippen molar-refractivity contribution in [3.63, 3.8) is 0 Å². The maximum Gasteiger partial charge on any atom is 0.0784 e. The van der Waals surface area contributed by atoms with Crippen molar-refractivity contribution in [1.29, 1.82) is 0 Å². The van der Waals surface area contributed by atoms with Crippen LogP contribution in [0.15, 0.2) is 11.4 Å². The second-order valence-corrected chi connectivity index (χ2v) is 7.55. The number of rotatable bonds is 5. The first kappa shape index (κ1) is 14.9. The van der Waals surface area contributed by atoms with Crippen molar-refractivity contribution in [3.8, 4) is 0 Å². The van der Waals surface area contributed by atoms with Gasteiger partial charge in [0, 0.05) is 22.9 Å². The molecule has 1 atom stereocenters. The zero-order chi connectivity index (χ0) is 14.0. The highest BCUT2D eigenvalue weighted by molar-refractivity contribution is 7.80. The number of nitrogens with two attached hydrogens (primary N) is 1. The van der Waals surface area contributed by atoms with Gasteiger partial charge in [-0.2, -0.15) is 0 Å². The molecule has 0 bridgehead atoms. The Kier molecular flexibility index (Phi) is 4.64. The molecule has 106 valence electrons. The summed E-state index contributed by atoms with van der Waals surface area (Å²) < 4.78 is 0. The zero-order valence-corrected chi connectivity index (χ0v) is 13.7. The molecule has 2 nitrogen and oxygen atoms in total. The number of nitrogens with zero attached hydrogens (tertiary/aromatic N) is 1. The fraction of sp³-hybridized carbons (Fsp3) is 0.667. The van der Waals surface area contributed by atoms with Gasteiger partial charge in [-0.3, -0.25) is 4.90 Å². The van der Waals surface area contributed by atoms with Crippen molar-refractivity contribution >= 4 is 28.5 Å². The summed E-state index contributed by atoms with van der Waals surface area (Å²) in [4.78, 5) is 4.80. The number of thiocarbonyl (C=S) groups is 1. The van der Waals surface area contributed by atoms with E-state index in [9.17, 15) is 0 Å². The highest BCUT2D eigenvalue weighted by atomic mass is 32.1. The molecule has 1 aromatic heterocycles. The molecule has 0 saturated carbocycles. The maximum atomic E-state index is 5.79. The Labute approximate surface area is 126 Å². The van der Waals surface area contributed by atoms with Crippen LogP contribution in [0.25, 0.3) is 0 Å². The molecule has 1 aliphatic rings. The first-order valence-electron chi connectivity index (χ1n) is 7.02. The van der Waals surface area contributed by atoms with Crippen LogP contribution in [-0.2, 0) is 6.42 Å². The van der Waals surface area contributed by atoms with Crippen molar-refractivity contribution in [2.24, 2.45) is 11.1 Å². The zero-order valence-electron chi connectivity index (χ0n) is 12.1. The van der Waals surface area contributed by atoms with Gasteiger partial charge in [0.1, 0.15) is 0 Å². The van der Waals surface area contributed by atoms with Crippen molar-refractivity contribution in [2.45, 2.75) is 46.1 Å². The summed E-state index contributed by atoms with van der Waals surface area (Å²) in [6, 6.07) is 2.85. The molecule has 2 heterocycles. The van der Waals surface area contributed by atoms with E-state index in [4.69, 9.17) is 18.0 Å². The Morgan fingerprint density at radius 2 is 2.32 bits per heavy atom. The molecule has 0 fully saturated rings. The highest BCUT2D eigenvalue weighted by Gasteiger charge is 2.26. The lowest BCUT2D eigenvalue weighted by atomic mass is 9.87. The largest absolute Gasteiger partial charge is 0.393 e. The van der Waals surface area contributed by atoms with E-state index in [0.717, 1.165) is 19.4 Å². The van der Waals surface area contributed by atoms with Crippen LogP contribution in [0.3, 0.4) is 0 Å². The SMILES string of the molecule is CC1c2ccsc2CCN1CCCC(C)(C)C(N)=S. The van der Waals surface area contributed by atoms with Crippen LogP contribution >= 0.6 is 23.6 Å². The van der Waals surface area contributed by atoms with Gasteiger partial charge in [-0.25, -0.2) is 0 Å². The first-order chi connectivity index (χ1) is 8.92. The van der Waals surface area contributed by atoms with Gasteiger partial charge in [0.15, 0.2) is 0 Å². The smallest absolute Gasteiger partial charge is 0.0784 e. The molecule has 4 heteroatoms. The monoisotopic (exact) mass is 296 g/mol. The molecular formula is C15H24N2S2. The molecule has 0 radical (unpaired) electrons. The molecule has 0 spiro atoms. The van der Waals surface area contributed by atoms with Crippen LogP contribution < -0.4 is 5.73 Å². The van der Waals surface area contributed by atoms with Gasteiger partial charge < -0.3 is 5.73 Å². The lowest BCUT2D eigenvalue weighted by Gasteiger charge is -2.34. The van der Waals surface area contributed by atoms with Crippen LogP contribution in [0, 0.1) is 5.41 Å². The molecule has 0 saturated heterocycles. The standard InChI is InChI=1S/C15H24N2S2/c1-11-12-6-10-19-13(12)5-9-17(11)8-4-7-15(2,3)14(16)18/h6,10-11H,4-5,7-9H2,1-3H3,(H2,16,18). The van der Waals surface area contributed by atoms with Gasteiger partial charge in [0.05, 0.1) is 4.99 Å². The quantitative estimate of drug-likeness (QED) is 0.839. The number of hydrogen-bond acceptors (Lipinski definition) is 3. The minimum absolute atomic E-state index is 0.0120. The van der Waals surface area contributed by atoms with Crippen molar-refractivity contribution in [2.75, 3.05) is 13.1 Å². The fourth-order valence-corrected chi connectivity index (χ4v) is 3.78. The number of thiophene rings is 1. The van der Waals surface area contributed by atoms with E-state index in [0.29, 0.717) is 11.0 Å². The lowest BCUT2D eigenvalue weighted by molar-refractivity contribution is 0.191. The van der Waals surface area contributed by atoms with Crippen LogP contribution in [0.2, 0.25) is 0 Å². The second-order valence-electron chi connectivity index (χ2n) is 6.11. The predicted molar refractivity (Wildman–Crippen MR) is 87.8 cm³/mol. The summed E-state index contributed by atoms with van der Waals surface area (Å²) in [6.07, 6.45) is 3.44. The van der Waals surface area contributed by atoms with Crippen LogP contribution in [0.5, 0.6) is 0 Å². The van der Waals surface area contributed by atoms with Gasteiger partial charge in [-0.15, -0.1) is 11.3 Å². The summed E-state index contributed by atoms with van der Waals surface area (Å²) >= 11 is 7.03. The summed E-state index contributed by atoms with van der Waals surface area (Å²) in [5.41, 5.74) is 7.31. The minimum atomic E-state index is -0.0120. The Hall–Kier alpha value is -0.450. The summed E-state index contributed by atoms with van der Waals surface area (Å²) in [5, 5.41) is 2.22. The van der Waals surface area contributed by atoms with Crippen LogP contribution in [-0.4, -0.2) is 23.0 Å². The van der Waals surface area contributed by atoms with Gasteiger partial charge in [-0.05, 0) is 49.7 Å². The summed E-state index contributed by atoms with van der Waals surface area (Å²) in [7, 11) is 0. The van der Waals surface area contributed by atoms with E-state index in [2.05, 4.69) is 37.1 Å². The van der Waals surface area contributed by atoms with Crippen LogP contribution in [0.1, 0.15) is 50.1 Å². The average molecular weight is 297 g/mol. The molecular weight excluding hydrogens is 272 g/mol. The van der Waals surface area contributed by atoms with E-state index in [1.807, 2.05) is 11.3 Å². The third kappa shape index (κ3) is 3.36. The van der Waals surface area contributed by atoms with E-state index in [-0.39, 0.29) is 5.41 Å². The van der Waals surface area contributed by atoms with Crippen LogP contribution in [0.4, 0.5) is 0 Å². The summed E-state index contributed by atoms with van der Waals surface area (Å²) in [5.74, 6) is 0.